The fraction of sp³-hybridized carbons (Fsp3) is 0.217. The minimum atomic E-state index is -3.64. The Hall–Kier alpha value is -3.57. The molecule has 11 heteroatoms. The maximum Gasteiger partial charge on any atom is 0.344 e. The molecule has 1 amide bonds. The molecule has 0 unspecified atom stereocenters. The molecule has 0 aliphatic heterocycles. The van der Waals surface area contributed by atoms with Crippen LogP contribution in [0.4, 0.5) is 11.4 Å². The molecule has 0 fully saturated rings. The molecule has 0 saturated heterocycles. The van der Waals surface area contributed by atoms with Gasteiger partial charge in [0.1, 0.15) is 15.7 Å². The average molecular weight is 505 g/mol. The number of anilines is 2. The van der Waals surface area contributed by atoms with Crippen molar-refractivity contribution < 1.29 is 32.2 Å². The smallest absolute Gasteiger partial charge is 0.344 e. The highest BCUT2D eigenvalue weighted by Gasteiger charge is 2.22. The maximum absolute atomic E-state index is 12.6. The number of amides is 1. The number of rotatable bonds is 11. The van der Waals surface area contributed by atoms with E-state index >= 15 is 0 Å². The summed E-state index contributed by atoms with van der Waals surface area (Å²) in [5.74, 6) is -0.377. The summed E-state index contributed by atoms with van der Waals surface area (Å²) in [7, 11) is -2.18. The average Bonchev–Trinajstić information content (AvgIpc) is 3.39. The second-order valence-electron chi connectivity index (χ2n) is 6.83. The van der Waals surface area contributed by atoms with Crippen molar-refractivity contribution in [2.75, 3.05) is 36.5 Å². The predicted octanol–water partition coefficient (Wildman–Crippen LogP) is 3.53. The number of carbonyl (C=O) groups is 2. The lowest BCUT2D eigenvalue weighted by atomic mass is 10.3. The molecule has 0 aliphatic carbocycles. The van der Waals surface area contributed by atoms with E-state index in [2.05, 4.69) is 5.32 Å². The Bertz CT molecular complexity index is 1210. The van der Waals surface area contributed by atoms with Crippen LogP contribution in [0.3, 0.4) is 0 Å². The zero-order valence-corrected chi connectivity index (χ0v) is 20.2. The molecule has 180 valence electrons. The van der Waals surface area contributed by atoms with Crippen molar-refractivity contribution in [3.8, 4) is 11.5 Å². The van der Waals surface area contributed by atoms with Gasteiger partial charge < -0.3 is 19.5 Å². The van der Waals surface area contributed by atoms with Gasteiger partial charge in [0.15, 0.2) is 13.2 Å². The second-order valence-corrected chi connectivity index (χ2v) is 9.97. The monoisotopic (exact) mass is 504 g/mol. The summed E-state index contributed by atoms with van der Waals surface area (Å²) in [6.45, 7) is 1.39. The summed E-state index contributed by atoms with van der Waals surface area (Å²) in [6.07, 6.45) is 0. The molecular formula is C23H24N2O7S2. The molecule has 1 aromatic heterocycles. The fourth-order valence-electron chi connectivity index (χ4n) is 2.80. The number of para-hydroxylation sites is 2. The van der Waals surface area contributed by atoms with Gasteiger partial charge in [-0.25, -0.2) is 13.2 Å². The van der Waals surface area contributed by atoms with E-state index in [0.29, 0.717) is 29.5 Å². The van der Waals surface area contributed by atoms with Crippen LogP contribution in [0.15, 0.2) is 70.3 Å². The Morgan fingerprint density at radius 2 is 1.71 bits per heavy atom. The Morgan fingerprint density at radius 1 is 0.971 bits per heavy atom. The molecule has 1 heterocycles. The second kappa shape index (κ2) is 11.5. The van der Waals surface area contributed by atoms with Gasteiger partial charge >= 0.3 is 5.97 Å². The maximum atomic E-state index is 12.6. The normalized spacial score (nSPS) is 10.9. The fourth-order valence-corrected chi connectivity index (χ4v) is 5.16. The molecule has 0 saturated carbocycles. The lowest BCUT2D eigenvalue weighted by molar-refractivity contribution is -0.149. The molecule has 34 heavy (non-hydrogen) atoms. The summed E-state index contributed by atoms with van der Waals surface area (Å²) < 4.78 is 42.3. The standard InChI is InChI=1S/C23H24N2O7S2/c1-3-30-20-8-5-4-7-19(20)24-21(26)15-32-22(27)16-31-18-12-10-17(11-13-18)25(2)34(28,29)23-9-6-14-33-23/h4-14H,3,15-16H2,1-2H3,(H,24,26). The van der Waals surface area contributed by atoms with Crippen LogP contribution >= 0.6 is 11.3 Å². The molecule has 2 aromatic carbocycles. The molecule has 0 bridgehead atoms. The summed E-state index contributed by atoms with van der Waals surface area (Å²) in [5, 5.41) is 4.32. The van der Waals surface area contributed by atoms with E-state index in [9.17, 15) is 18.0 Å². The highest BCUT2D eigenvalue weighted by Crippen LogP contribution is 2.27. The Labute approximate surface area is 201 Å². The summed E-state index contributed by atoms with van der Waals surface area (Å²) in [4.78, 5) is 24.0. The third-order valence-corrected chi connectivity index (χ3v) is 7.65. The molecule has 0 spiro atoms. The zero-order valence-electron chi connectivity index (χ0n) is 18.6. The lowest BCUT2D eigenvalue weighted by Crippen LogP contribution is -2.25. The quantitative estimate of drug-likeness (QED) is 0.398. The van der Waals surface area contributed by atoms with Crippen LogP contribution in [0, 0.1) is 0 Å². The Kier molecular flexibility index (Phi) is 8.50. The highest BCUT2D eigenvalue weighted by atomic mass is 32.2. The van der Waals surface area contributed by atoms with Crippen LogP contribution in [-0.2, 0) is 24.3 Å². The SMILES string of the molecule is CCOc1ccccc1NC(=O)COC(=O)COc1ccc(N(C)S(=O)(=O)c2cccs2)cc1. The number of thiophene rings is 1. The van der Waals surface area contributed by atoms with Gasteiger partial charge in [-0.1, -0.05) is 18.2 Å². The topological polar surface area (TPSA) is 111 Å². The molecule has 9 nitrogen and oxygen atoms in total. The first-order valence-corrected chi connectivity index (χ1v) is 12.6. The minimum Gasteiger partial charge on any atom is -0.492 e. The van der Waals surface area contributed by atoms with Crippen molar-refractivity contribution in [3.63, 3.8) is 0 Å². The van der Waals surface area contributed by atoms with Crippen LogP contribution in [0.5, 0.6) is 11.5 Å². The van der Waals surface area contributed by atoms with E-state index in [-0.39, 0.29) is 4.21 Å². The first-order chi connectivity index (χ1) is 16.3. The number of hydrogen-bond acceptors (Lipinski definition) is 8. The molecule has 0 atom stereocenters. The molecule has 3 aromatic rings. The number of hydrogen-bond donors (Lipinski definition) is 1. The van der Waals surface area contributed by atoms with Crippen LogP contribution < -0.4 is 19.1 Å². The summed E-state index contributed by atoms with van der Waals surface area (Å²) in [6, 6.07) is 16.4. The number of nitrogens with one attached hydrogen (secondary N) is 1. The van der Waals surface area contributed by atoms with Gasteiger partial charge in [-0.15, -0.1) is 11.3 Å². The van der Waals surface area contributed by atoms with E-state index in [0.717, 1.165) is 11.3 Å². The third-order valence-electron chi connectivity index (χ3n) is 4.49. The highest BCUT2D eigenvalue weighted by molar-refractivity contribution is 7.94. The van der Waals surface area contributed by atoms with E-state index in [1.165, 1.54) is 17.4 Å². The van der Waals surface area contributed by atoms with Gasteiger partial charge in [0.05, 0.1) is 18.0 Å². The number of esters is 1. The van der Waals surface area contributed by atoms with E-state index in [1.807, 2.05) is 6.92 Å². The van der Waals surface area contributed by atoms with Crippen molar-refractivity contribution in [2.45, 2.75) is 11.1 Å². The van der Waals surface area contributed by atoms with Gasteiger partial charge in [0.2, 0.25) is 0 Å². The van der Waals surface area contributed by atoms with Gasteiger partial charge in [-0.05, 0) is 54.8 Å². The van der Waals surface area contributed by atoms with Crippen molar-refractivity contribution in [1.29, 1.82) is 0 Å². The summed E-state index contributed by atoms with van der Waals surface area (Å²) in [5.41, 5.74) is 0.917. The molecule has 0 aliphatic rings. The Morgan fingerprint density at radius 3 is 2.38 bits per heavy atom. The number of carbonyl (C=O) groups excluding carboxylic acids is 2. The summed E-state index contributed by atoms with van der Waals surface area (Å²) >= 11 is 1.14. The van der Waals surface area contributed by atoms with Crippen LogP contribution in [-0.4, -0.2) is 47.2 Å². The van der Waals surface area contributed by atoms with Crippen molar-refractivity contribution in [1.82, 2.24) is 0 Å². The first kappa shape index (κ1) is 25.1. The minimum absolute atomic E-state index is 0.239. The van der Waals surface area contributed by atoms with Gasteiger partial charge in [0, 0.05) is 7.05 Å². The Balaban J connectivity index is 1.46. The van der Waals surface area contributed by atoms with E-state index < -0.39 is 35.1 Å². The van der Waals surface area contributed by atoms with Gasteiger partial charge in [0.25, 0.3) is 15.9 Å². The number of nitrogens with zero attached hydrogens (tertiary/aromatic N) is 1. The van der Waals surface area contributed by atoms with Crippen molar-refractivity contribution in [2.24, 2.45) is 0 Å². The van der Waals surface area contributed by atoms with Crippen LogP contribution in [0.25, 0.3) is 0 Å². The molecular weight excluding hydrogens is 480 g/mol. The predicted molar refractivity (Wildman–Crippen MR) is 129 cm³/mol. The van der Waals surface area contributed by atoms with Crippen molar-refractivity contribution in [3.05, 3.63) is 66.0 Å². The van der Waals surface area contributed by atoms with Gasteiger partial charge in [-0.2, -0.15) is 0 Å². The van der Waals surface area contributed by atoms with Gasteiger partial charge in [-0.3, -0.25) is 9.10 Å². The van der Waals surface area contributed by atoms with E-state index in [1.54, 1.807) is 60.0 Å². The largest absolute Gasteiger partial charge is 0.492 e. The van der Waals surface area contributed by atoms with Crippen molar-refractivity contribution >= 4 is 44.6 Å². The number of sulfonamides is 1. The van der Waals surface area contributed by atoms with Crippen LogP contribution in [0.1, 0.15) is 6.92 Å². The molecule has 0 radical (unpaired) electrons. The lowest BCUT2D eigenvalue weighted by Gasteiger charge is -2.18. The first-order valence-electron chi connectivity index (χ1n) is 10.2. The molecule has 3 rings (SSSR count). The third kappa shape index (κ3) is 6.49. The number of ether oxygens (including phenoxy) is 3. The zero-order chi connectivity index (χ0) is 24.6. The number of benzene rings is 2. The van der Waals surface area contributed by atoms with Crippen LogP contribution in [0.2, 0.25) is 0 Å². The molecule has 1 N–H and O–H groups in total. The van der Waals surface area contributed by atoms with E-state index in [4.69, 9.17) is 14.2 Å².